The molecule has 0 fully saturated rings. The van der Waals surface area contributed by atoms with Gasteiger partial charge in [-0.3, -0.25) is 5.10 Å². The number of hydrogen-bond donors (Lipinski definition) is 1. The summed E-state index contributed by atoms with van der Waals surface area (Å²) in [6.45, 7) is 0.597. The van der Waals surface area contributed by atoms with Crippen molar-refractivity contribution >= 4 is 0 Å². The number of H-pyrrole nitrogens is 1. The van der Waals surface area contributed by atoms with Crippen molar-refractivity contribution in [2.24, 2.45) is 0 Å². The molecule has 1 heterocycles. The van der Waals surface area contributed by atoms with Gasteiger partial charge in [-0.05, 0) is 17.7 Å². The molecule has 0 atom stereocenters. The molecule has 3 aromatic rings. The SMILES string of the molecule is COc1ccccc1-c1cc(OCCc2ccccc2)n[nH]1. The topological polar surface area (TPSA) is 47.1 Å². The van der Waals surface area contributed by atoms with Crippen molar-refractivity contribution in [3.8, 4) is 22.9 Å². The smallest absolute Gasteiger partial charge is 0.233 e. The molecule has 0 bridgehead atoms. The average molecular weight is 294 g/mol. The van der Waals surface area contributed by atoms with Crippen LogP contribution in [0.3, 0.4) is 0 Å². The fraction of sp³-hybridized carbons (Fsp3) is 0.167. The van der Waals surface area contributed by atoms with Crippen molar-refractivity contribution in [3.63, 3.8) is 0 Å². The Balaban J connectivity index is 1.64. The summed E-state index contributed by atoms with van der Waals surface area (Å²) in [5, 5.41) is 7.19. The third kappa shape index (κ3) is 3.28. The van der Waals surface area contributed by atoms with Crippen LogP contribution < -0.4 is 9.47 Å². The van der Waals surface area contributed by atoms with Crippen molar-refractivity contribution in [1.82, 2.24) is 10.2 Å². The summed E-state index contributed by atoms with van der Waals surface area (Å²) in [7, 11) is 1.66. The Morgan fingerprint density at radius 3 is 2.59 bits per heavy atom. The maximum Gasteiger partial charge on any atom is 0.233 e. The summed E-state index contributed by atoms with van der Waals surface area (Å²) < 4.78 is 11.1. The van der Waals surface area contributed by atoms with Crippen molar-refractivity contribution in [1.29, 1.82) is 0 Å². The van der Waals surface area contributed by atoms with Gasteiger partial charge in [-0.25, -0.2) is 0 Å². The Morgan fingerprint density at radius 2 is 1.77 bits per heavy atom. The molecule has 0 saturated carbocycles. The number of aromatic amines is 1. The molecule has 1 N–H and O–H groups in total. The highest BCUT2D eigenvalue weighted by atomic mass is 16.5. The third-order valence-electron chi connectivity index (χ3n) is 3.44. The third-order valence-corrected chi connectivity index (χ3v) is 3.44. The standard InChI is InChI=1S/C18H18N2O2/c1-21-17-10-6-5-9-15(17)16-13-18(20-19-16)22-12-11-14-7-3-2-4-8-14/h2-10,13H,11-12H2,1H3,(H,19,20). The van der Waals surface area contributed by atoms with Gasteiger partial charge in [0.1, 0.15) is 5.75 Å². The molecule has 0 aliphatic carbocycles. The summed E-state index contributed by atoms with van der Waals surface area (Å²) in [6, 6.07) is 20.0. The molecule has 112 valence electrons. The van der Waals surface area contributed by atoms with E-state index in [1.165, 1.54) is 5.56 Å². The summed E-state index contributed by atoms with van der Waals surface area (Å²) in [4.78, 5) is 0. The summed E-state index contributed by atoms with van der Waals surface area (Å²) in [5.74, 6) is 1.40. The molecule has 0 aliphatic rings. The molecule has 0 aliphatic heterocycles. The van der Waals surface area contributed by atoms with Crippen molar-refractivity contribution in [2.75, 3.05) is 13.7 Å². The van der Waals surface area contributed by atoms with Gasteiger partial charge in [0, 0.05) is 18.1 Å². The Morgan fingerprint density at radius 1 is 1.00 bits per heavy atom. The molecule has 0 amide bonds. The number of rotatable bonds is 6. The first kappa shape index (κ1) is 14.2. The average Bonchev–Trinajstić information content (AvgIpc) is 3.04. The molecule has 0 spiro atoms. The van der Waals surface area contributed by atoms with Crippen LogP contribution in [0.2, 0.25) is 0 Å². The molecule has 2 aromatic carbocycles. The number of hydrogen-bond acceptors (Lipinski definition) is 3. The Hall–Kier alpha value is -2.75. The zero-order valence-electron chi connectivity index (χ0n) is 12.5. The highest BCUT2D eigenvalue weighted by Gasteiger charge is 2.09. The van der Waals surface area contributed by atoms with Crippen LogP contribution in [-0.2, 0) is 6.42 Å². The molecule has 1 aromatic heterocycles. The van der Waals surface area contributed by atoms with Gasteiger partial charge in [-0.15, -0.1) is 5.10 Å². The van der Waals surface area contributed by atoms with E-state index < -0.39 is 0 Å². The minimum Gasteiger partial charge on any atom is -0.496 e. The van der Waals surface area contributed by atoms with E-state index in [1.807, 2.05) is 48.5 Å². The fourth-order valence-electron chi connectivity index (χ4n) is 2.30. The first-order valence-corrected chi connectivity index (χ1v) is 7.22. The van der Waals surface area contributed by atoms with Crippen LogP contribution in [0.1, 0.15) is 5.56 Å². The minimum atomic E-state index is 0.594. The van der Waals surface area contributed by atoms with E-state index in [9.17, 15) is 0 Å². The van der Waals surface area contributed by atoms with Crippen molar-refractivity contribution < 1.29 is 9.47 Å². The molecule has 4 nitrogen and oxygen atoms in total. The largest absolute Gasteiger partial charge is 0.496 e. The van der Waals surface area contributed by atoms with E-state index in [0.717, 1.165) is 23.4 Å². The molecule has 0 unspecified atom stereocenters. The Bertz CT molecular complexity index is 723. The van der Waals surface area contributed by atoms with Crippen LogP contribution in [0.25, 0.3) is 11.3 Å². The first-order valence-electron chi connectivity index (χ1n) is 7.22. The lowest BCUT2D eigenvalue weighted by molar-refractivity contribution is 0.309. The zero-order chi connectivity index (χ0) is 15.2. The van der Waals surface area contributed by atoms with Gasteiger partial charge in [0.25, 0.3) is 0 Å². The maximum atomic E-state index is 5.70. The number of nitrogens with one attached hydrogen (secondary N) is 1. The monoisotopic (exact) mass is 294 g/mol. The van der Waals surface area contributed by atoms with E-state index in [0.29, 0.717) is 12.5 Å². The Kier molecular flexibility index (Phi) is 4.39. The second-order valence-electron chi connectivity index (χ2n) is 4.90. The number of aromatic nitrogens is 2. The summed E-state index contributed by atoms with van der Waals surface area (Å²) >= 11 is 0. The van der Waals surface area contributed by atoms with E-state index in [1.54, 1.807) is 7.11 Å². The molecule has 0 radical (unpaired) electrons. The molecule has 4 heteroatoms. The number of benzene rings is 2. The minimum absolute atomic E-state index is 0.594. The summed E-state index contributed by atoms with van der Waals surface area (Å²) in [6.07, 6.45) is 0.859. The lowest BCUT2D eigenvalue weighted by Gasteiger charge is -2.05. The van der Waals surface area contributed by atoms with Crippen LogP contribution in [0, 0.1) is 0 Å². The highest BCUT2D eigenvalue weighted by Crippen LogP contribution is 2.29. The molecule has 3 rings (SSSR count). The Labute approximate surface area is 129 Å². The molecular weight excluding hydrogens is 276 g/mol. The van der Waals surface area contributed by atoms with E-state index >= 15 is 0 Å². The predicted octanol–water partition coefficient (Wildman–Crippen LogP) is 3.71. The van der Waals surface area contributed by atoms with E-state index in [-0.39, 0.29) is 0 Å². The molecule has 0 saturated heterocycles. The van der Waals surface area contributed by atoms with Crippen LogP contribution >= 0.6 is 0 Å². The number of para-hydroxylation sites is 1. The lowest BCUT2D eigenvalue weighted by Crippen LogP contribution is -2.01. The van der Waals surface area contributed by atoms with Gasteiger partial charge in [0.2, 0.25) is 5.88 Å². The number of methoxy groups -OCH3 is 1. The van der Waals surface area contributed by atoms with Crippen LogP contribution in [0.15, 0.2) is 60.7 Å². The van der Waals surface area contributed by atoms with Gasteiger partial charge >= 0.3 is 0 Å². The maximum absolute atomic E-state index is 5.70. The second kappa shape index (κ2) is 6.80. The lowest BCUT2D eigenvalue weighted by atomic mass is 10.1. The highest BCUT2D eigenvalue weighted by molar-refractivity contribution is 5.67. The second-order valence-corrected chi connectivity index (χ2v) is 4.90. The fourth-order valence-corrected chi connectivity index (χ4v) is 2.30. The van der Waals surface area contributed by atoms with Crippen LogP contribution in [-0.4, -0.2) is 23.9 Å². The normalized spacial score (nSPS) is 10.4. The van der Waals surface area contributed by atoms with Gasteiger partial charge in [0.05, 0.1) is 19.4 Å². The van der Waals surface area contributed by atoms with Gasteiger partial charge in [-0.1, -0.05) is 42.5 Å². The predicted molar refractivity (Wildman–Crippen MR) is 86.2 cm³/mol. The van der Waals surface area contributed by atoms with Crippen molar-refractivity contribution in [3.05, 3.63) is 66.2 Å². The molecule has 22 heavy (non-hydrogen) atoms. The van der Waals surface area contributed by atoms with Crippen LogP contribution in [0.5, 0.6) is 11.6 Å². The zero-order valence-corrected chi connectivity index (χ0v) is 12.5. The quantitative estimate of drug-likeness (QED) is 0.754. The number of ether oxygens (including phenoxy) is 2. The van der Waals surface area contributed by atoms with E-state index in [4.69, 9.17) is 9.47 Å². The summed E-state index contributed by atoms with van der Waals surface area (Å²) in [5.41, 5.74) is 3.10. The first-order chi connectivity index (χ1) is 10.9. The number of nitrogens with zero attached hydrogens (tertiary/aromatic N) is 1. The van der Waals surface area contributed by atoms with Crippen molar-refractivity contribution in [2.45, 2.75) is 6.42 Å². The van der Waals surface area contributed by atoms with E-state index in [2.05, 4.69) is 22.3 Å². The van der Waals surface area contributed by atoms with Crippen LogP contribution in [0.4, 0.5) is 0 Å². The van der Waals surface area contributed by atoms with Gasteiger partial charge in [-0.2, -0.15) is 0 Å². The van der Waals surface area contributed by atoms with Gasteiger partial charge < -0.3 is 9.47 Å². The van der Waals surface area contributed by atoms with Gasteiger partial charge in [0.15, 0.2) is 0 Å². The molecular formula is C18H18N2O2.